The number of carbonyl (C=O) groups excluding carboxylic acids is 1. The number of piperidine rings is 1. The molecule has 4 rings (SSSR count). The lowest BCUT2D eigenvalue weighted by atomic mass is 10.0. The second-order valence-electron chi connectivity index (χ2n) is 6.27. The molecule has 1 aromatic heterocycles. The molecule has 0 radical (unpaired) electrons. The zero-order chi connectivity index (χ0) is 16.4. The average molecular weight is 327 g/mol. The van der Waals surface area contributed by atoms with Crippen LogP contribution in [0, 0.1) is 0 Å². The van der Waals surface area contributed by atoms with Crippen LogP contribution in [0.25, 0.3) is 0 Å². The van der Waals surface area contributed by atoms with Crippen LogP contribution in [0.2, 0.25) is 0 Å². The van der Waals surface area contributed by atoms with Gasteiger partial charge >= 0.3 is 0 Å². The van der Waals surface area contributed by atoms with Crippen LogP contribution in [-0.4, -0.2) is 45.9 Å². The smallest absolute Gasteiger partial charge is 0.267 e. The third-order valence-corrected chi connectivity index (χ3v) is 4.65. The van der Waals surface area contributed by atoms with Crippen molar-refractivity contribution >= 4 is 5.91 Å². The molecule has 1 saturated heterocycles. The van der Waals surface area contributed by atoms with E-state index in [0.717, 1.165) is 32.4 Å². The number of ether oxygens (including phenoxy) is 2. The highest BCUT2D eigenvalue weighted by Gasteiger charge is 2.35. The van der Waals surface area contributed by atoms with Crippen molar-refractivity contribution in [3.63, 3.8) is 0 Å². The number of aromatic nitrogens is 2. The van der Waals surface area contributed by atoms with E-state index in [1.54, 1.807) is 6.20 Å². The van der Waals surface area contributed by atoms with Crippen LogP contribution in [0.1, 0.15) is 19.3 Å². The van der Waals surface area contributed by atoms with Crippen molar-refractivity contribution in [2.75, 3.05) is 13.2 Å². The highest BCUT2D eigenvalue weighted by Crippen LogP contribution is 2.32. The molecule has 1 aromatic carbocycles. The zero-order valence-corrected chi connectivity index (χ0v) is 13.5. The molecule has 2 aliphatic heterocycles. The number of nitrogens with zero attached hydrogens (tertiary/aromatic N) is 3. The lowest BCUT2D eigenvalue weighted by Crippen LogP contribution is -2.53. The van der Waals surface area contributed by atoms with Crippen molar-refractivity contribution < 1.29 is 14.3 Å². The van der Waals surface area contributed by atoms with Crippen molar-refractivity contribution in [3.8, 4) is 11.5 Å². The Labute approximate surface area is 141 Å². The zero-order valence-electron chi connectivity index (χ0n) is 13.5. The molecule has 0 bridgehead atoms. The van der Waals surface area contributed by atoms with Crippen LogP contribution >= 0.6 is 0 Å². The number of fused-ring (bicyclic) bond motifs is 1. The number of hydrogen-bond donors (Lipinski definition) is 0. The summed E-state index contributed by atoms with van der Waals surface area (Å²) >= 11 is 0. The molecule has 0 saturated carbocycles. The Balaban J connectivity index is 1.48. The molecule has 2 aliphatic rings. The molecule has 0 aliphatic carbocycles. The molecule has 3 heterocycles. The minimum atomic E-state index is -0.571. The first-order valence-electron chi connectivity index (χ1n) is 8.47. The minimum Gasteiger partial charge on any atom is -0.485 e. The van der Waals surface area contributed by atoms with Crippen LogP contribution in [0.4, 0.5) is 0 Å². The van der Waals surface area contributed by atoms with Gasteiger partial charge in [-0.05, 0) is 37.5 Å². The molecule has 2 atom stereocenters. The molecule has 0 N–H and O–H groups in total. The Bertz CT molecular complexity index is 701. The average Bonchev–Trinajstić information content (AvgIpc) is 3.14. The predicted molar refractivity (Wildman–Crippen MR) is 87.9 cm³/mol. The van der Waals surface area contributed by atoms with Gasteiger partial charge in [-0.25, -0.2) is 0 Å². The number of benzene rings is 1. The van der Waals surface area contributed by atoms with E-state index in [1.807, 2.05) is 46.1 Å². The maximum Gasteiger partial charge on any atom is 0.267 e. The predicted octanol–water partition coefficient (Wildman–Crippen LogP) is 2.10. The second-order valence-corrected chi connectivity index (χ2v) is 6.27. The first-order chi connectivity index (χ1) is 11.8. The highest BCUT2D eigenvalue weighted by atomic mass is 16.6. The van der Waals surface area contributed by atoms with Gasteiger partial charge in [0, 0.05) is 18.9 Å². The summed E-state index contributed by atoms with van der Waals surface area (Å²) in [5.41, 5.74) is 0. The van der Waals surface area contributed by atoms with Gasteiger partial charge in [-0.1, -0.05) is 12.1 Å². The third-order valence-electron chi connectivity index (χ3n) is 4.65. The van der Waals surface area contributed by atoms with Gasteiger partial charge in [-0.15, -0.1) is 0 Å². The van der Waals surface area contributed by atoms with Crippen LogP contribution < -0.4 is 9.47 Å². The first kappa shape index (κ1) is 15.1. The molecule has 1 fully saturated rings. The lowest BCUT2D eigenvalue weighted by molar-refractivity contribution is -0.145. The van der Waals surface area contributed by atoms with E-state index in [1.165, 1.54) is 0 Å². The van der Waals surface area contributed by atoms with Crippen LogP contribution in [0.3, 0.4) is 0 Å². The van der Waals surface area contributed by atoms with Gasteiger partial charge in [0.05, 0.1) is 12.6 Å². The Kier molecular flexibility index (Phi) is 4.11. The number of amides is 1. The van der Waals surface area contributed by atoms with Gasteiger partial charge in [-0.2, -0.15) is 5.10 Å². The first-order valence-corrected chi connectivity index (χ1v) is 8.47. The van der Waals surface area contributed by atoms with Crippen molar-refractivity contribution in [1.82, 2.24) is 14.7 Å². The molecular weight excluding hydrogens is 306 g/mol. The van der Waals surface area contributed by atoms with Crippen LogP contribution in [0.5, 0.6) is 11.5 Å². The number of likely N-dealkylation sites (tertiary alicyclic amines) is 1. The lowest BCUT2D eigenvalue weighted by Gasteiger charge is -2.38. The number of para-hydroxylation sites is 2. The van der Waals surface area contributed by atoms with E-state index in [9.17, 15) is 4.79 Å². The molecule has 6 heteroatoms. The SMILES string of the molecule is O=C([C@@H]1COc2ccccc2O1)N1CCCC[C@@H]1Cn1cccn1. The van der Waals surface area contributed by atoms with Gasteiger partial charge < -0.3 is 14.4 Å². The van der Waals surface area contributed by atoms with E-state index in [0.29, 0.717) is 11.5 Å². The largest absolute Gasteiger partial charge is 0.485 e. The fourth-order valence-electron chi connectivity index (χ4n) is 3.43. The van der Waals surface area contributed by atoms with E-state index in [2.05, 4.69) is 5.10 Å². The molecule has 0 spiro atoms. The maximum absolute atomic E-state index is 13.0. The third kappa shape index (κ3) is 2.96. The Hall–Kier alpha value is -2.50. The summed E-state index contributed by atoms with van der Waals surface area (Å²) in [5, 5.41) is 4.27. The quantitative estimate of drug-likeness (QED) is 0.866. The van der Waals surface area contributed by atoms with E-state index in [4.69, 9.17) is 9.47 Å². The summed E-state index contributed by atoms with van der Waals surface area (Å²) in [5.74, 6) is 1.36. The van der Waals surface area contributed by atoms with Gasteiger partial charge in [0.15, 0.2) is 11.5 Å². The van der Waals surface area contributed by atoms with Gasteiger partial charge in [0.25, 0.3) is 5.91 Å². The minimum absolute atomic E-state index is 0.0151. The van der Waals surface area contributed by atoms with Gasteiger partial charge in [0.1, 0.15) is 6.61 Å². The van der Waals surface area contributed by atoms with E-state index < -0.39 is 6.10 Å². The Morgan fingerprint density at radius 2 is 2.08 bits per heavy atom. The fraction of sp³-hybridized carbons (Fsp3) is 0.444. The number of carbonyl (C=O) groups is 1. The van der Waals surface area contributed by atoms with E-state index in [-0.39, 0.29) is 18.6 Å². The van der Waals surface area contributed by atoms with Crippen molar-refractivity contribution in [1.29, 1.82) is 0 Å². The van der Waals surface area contributed by atoms with Gasteiger partial charge in [0.2, 0.25) is 6.10 Å². The normalized spacial score (nSPS) is 23.1. The number of rotatable bonds is 3. The molecule has 6 nitrogen and oxygen atoms in total. The van der Waals surface area contributed by atoms with Crippen molar-refractivity contribution in [2.24, 2.45) is 0 Å². The van der Waals surface area contributed by atoms with Crippen LogP contribution in [0.15, 0.2) is 42.7 Å². The van der Waals surface area contributed by atoms with Crippen LogP contribution in [-0.2, 0) is 11.3 Å². The molecule has 2 aromatic rings. The summed E-state index contributed by atoms with van der Waals surface area (Å²) in [6.45, 7) is 1.76. The van der Waals surface area contributed by atoms with Gasteiger partial charge in [-0.3, -0.25) is 9.48 Å². The topological polar surface area (TPSA) is 56.6 Å². The summed E-state index contributed by atoms with van der Waals surface area (Å²) in [6, 6.07) is 9.55. The number of hydrogen-bond acceptors (Lipinski definition) is 4. The highest BCUT2D eigenvalue weighted by molar-refractivity contribution is 5.82. The Morgan fingerprint density at radius 3 is 2.92 bits per heavy atom. The molecular formula is C18H21N3O3. The van der Waals surface area contributed by atoms with E-state index >= 15 is 0 Å². The summed E-state index contributed by atoms with van der Waals surface area (Å²) in [6.07, 6.45) is 6.30. The standard InChI is InChI=1S/C18H21N3O3/c22-18(17-13-23-15-7-1-2-8-16(15)24-17)21-11-4-3-6-14(21)12-20-10-5-9-19-20/h1-2,5,7-10,14,17H,3-4,6,11-13H2/t14-,17+/m1/s1. The summed E-state index contributed by atoms with van der Waals surface area (Å²) in [7, 11) is 0. The maximum atomic E-state index is 13.0. The Morgan fingerprint density at radius 1 is 1.21 bits per heavy atom. The molecule has 126 valence electrons. The monoisotopic (exact) mass is 327 g/mol. The molecule has 24 heavy (non-hydrogen) atoms. The second kappa shape index (κ2) is 6.55. The van der Waals surface area contributed by atoms with Crippen molar-refractivity contribution in [3.05, 3.63) is 42.7 Å². The summed E-state index contributed by atoms with van der Waals surface area (Å²) < 4.78 is 13.5. The molecule has 1 amide bonds. The molecule has 0 unspecified atom stereocenters. The summed E-state index contributed by atoms with van der Waals surface area (Å²) in [4.78, 5) is 14.9. The van der Waals surface area contributed by atoms with Crippen molar-refractivity contribution in [2.45, 2.75) is 38.0 Å². The fourth-order valence-corrected chi connectivity index (χ4v) is 3.43.